The standard InChI is InChI=1S/C12H18N2O/c1-9-5-10(2)7-11(6-9)8-14-4-3-12(13)15/h5-7,14H,3-4,8H2,1-2H3,(H2,13,15). The van der Waals surface area contributed by atoms with Crippen LogP contribution in [0.3, 0.4) is 0 Å². The Morgan fingerprint density at radius 3 is 2.40 bits per heavy atom. The quantitative estimate of drug-likeness (QED) is 0.713. The maximum Gasteiger partial charge on any atom is 0.218 e. The molecule has 0 radical (unpaired) electrons. The summed E-state index contributed by atoms with van der Waals surface area (Å²) in [6, 6.07) is 6.43. The van der Waals surface area contributed by atoms with E-state index in [4.69, 9.17) is 5.73 Å². The number of rotatable bonds is 5. The molecular formula is C12H18N2O. The van der Waals surface area contributed by atoms with Crippen LogP contribution in [0.4, 0.5) is 0 Å². The summed E-state index contributed by atoms with van der Waals surface area (Å²) in [7, 11) is 0. The van der Waals surface area contributed by atoms with Crippen molar-refractivity contribution in [3.05, 3.63) is 34.9 Å². The summed E-state index contributed by atoms with van der Waals surface area (Å²) in [6.45, 7) is 5.60. The third kappa shape index (κ3) is 4.61. The Kier molecular flexibility index (Phi) is 4.31. The van der Waals surface area contributed by atoms with E-state index in [1.54, 1.807) is 0 Å². The van der Waals surface area contributed by atoms with Crippen molar-refractivity contribution in [3.63, 3.8) is 0 Å². The van der Waals surface area contributed by atoms with Gasteiger partial charge in [0.2, 0.25) is 5.91 Å². The topological polar surface area (TPSA) is 55.1 Å². The Morgan fingerprint density at radius 1 is 1.27 bits per heavy atom. The number of primary amides is 1. The third-order valence-corrected chi connectivity index (χ3v) is 2.16. The van der Waals surface area contributed by atoms with E-state index >= 15 is 0 Å². The zero-order valence-electron chi connectivity index (χ0n) is 9.34. The van der Waals surface area contributed by atoms with Gasteiger partial charge in [0.15, 0.2) is 0 Å². The number of hydrogen-bond donors (Lipinski definition) is 2. The smallest absolute Gasteiger partial charge is 0.218 e. The molecule has 0 aliphatic carbocycles. The molecule has 1 aromatic rings. The van der Waals surface area contributed by atoms with Crippen LogP contribution >= 0.6 is 0 Å². The minimum atomic E-state index is -0.261. The summed E-state index contributed by atoms with van der Waals surface area (Å²) in [5.41, 5.74) is 8.82. The Bertz CT molecular complexity index is 327. The van der Waals surface area contributed by atoms with Crippen molar-refractivity contribution in [2.24, 2.45) is 5.73 Å². The van der Waals surface area contributed by atoms with Gasteiger partial charge in [-0.2, -0.15) is 0 Å². The van der Waals surface area contributed by atoms with Crippen LogP contribution in [0.25, 0.3) is 0 Å². The second-order valence-electron chi connectivity index (χ2n) is 3.89. The number of hydrogen-bond acceptors (Lipinski definition) is 2. The molecular weight excluding hydrogens is 188 g/mol. The molecule has 0 unspecified atom stereocenters. The molecule has 15 heavy (non-hydrogen) atoms. The van der Waals surface area contributed by atoms with Crippen molar-refractivity contribution in [1.82, 2.24) is 5.32 Å². The maximum absolute atomic E-state index is 10.5. The number of nitrogens with one attached hydrogen (secondary N) is 1. The van der Waals surface area contributed by atoms with Crippen LogP contribution in [-0.4, -0.2) is 12.5 Å². The molecule has 0 atom stereocenters. The highest BCUT2D eigenvalue weighted by Gasteiger charge is 1.97. The highest BCUT2D eigenvalue weighted by Crippen LogP contribution is 2.08. The van der Waals surface area contributed by atoms with E-state index in [0.29, 0.717) is 13.0 Å². The molecule has 0 aliphatic heterocycles. The molecule has 0 heterocycles. The minimum Gasteiger partial charge on any atom is -0.370 e. The Balaban J connectivity index is 2.40. The van der Waals surface area contributed by atoms with E-state index in [1.807, 2.05) is 0 Å². The second kappa shape index (κ2) is 5.51. The van der Waals surface area contributed by atoms with E-state index in [-0.39, 0.29) is 5.91 Å². The zero-order chi connectivity index (χ0) is 11.3. The van der Waals surface area contributed by atoms with Gasteiger partial charge < -0.3 is 11.1 Å². The van der Waals surface area contributed by atoms with Gasteiger partial charge in [0.05, 0.1) is 0 Å². The van der Waals surface area contributed by atoms with Gasteiger partial charge in [-0.1, -0.05) is 29.3 Å². The Morgan fingerprint density at radius 2 is 1.87 bits per heavy atom. The van der Waals surface area contributed by atoms with Crippen LogP contribution in [-0.2, 0) is 11.3 Å². The van der Waals surface area contributed by atoms with Gasteiger partial charge in [-0.15, -0.1) is 0 Å². The van der Waals surface area contributed by atoms with E-state index in [9.17, 15) is 4.79 Å². The molecule has 1 amide bonds. The van der Waals surface area contributed by atoms with Gasteiger partial charge in [0.25, 0.3) is 0 Å². The van der Waals surface area contributed by atoms with Crippen molar-refractivity contribution < 1.29 is 4.79 Å². The summed E-state index contributed by atoms with van der Waals surface area (Å²) >= 11 is 0. The van der Waals surface area contributed by atoms with Crippen molar-refractivity contribution >= 4 is 5.91 Å². The fourth-order valence-corrected chi connectivity index (χ4v) is 1.62. The predicted molar refractivity (Wildman–Crippen MR) is 61.4 cm³/mol. The van der Waals surface area contributed by atoms with Gasteiger partial charge in [-0.05, 0) is 19.4 Å². The number of carbonyl (C=O) groups excluding carboxylic acids is 1. The normalized spacial score (nSPS) is 10.3. The molecule has 3 nitrogen and oxygen atoms in total. The average Bonchev–Trinajstić information content (AvgIpc) is 2.10. The molecule has 0 saturated carbocycles. The van der Waals surface area contributed by atoms with Crippen LogP contribution in [0, 0.1) is 13.8 Å². The van der Waals surface area contributed by atoms with Gasteiger partial charge in [-0.3, -0.25) is 4.79 Å². The van der Waals surface area contributed by atoms with Crippen LogP contribution in [0.1, 0.15) is 23.1 Å². The highest BCUT2D eigenvalue weighted by molar-refractivity contribution is 5.73. The van der Waals surface area contributed by atoms with Gasteiger partial charge in [0.1, 0.15) is 0 Å². The van der Waals surface area contributed by atoms with Crippen LogP contribution in [0.2, 0.25) is 0 Å². The highest BCUT2D eigenvalue weighted by atomic mass is 16.1. The summed E-state index contributed by atoms with van der Waals surface area (Å²) in [5, 5.41) is 3.19. The lowest BCUT2D eigenvalue weighted by Gasteiger charge is -2.06. The first-order valence-electron chi connectivity index (χ1n) is 5.14. The molecule has 0 spiro atoms. The van der Waals surface area contributed by atoms with Crippen molar-refractivity contribution in [2.45, 2.75) is 26.8 Å². The van der Waals surface area contributed by atoms with Gasteiger partial charge >= 0.3 is 0 Å². The first-order chi connectivity index (χ1) is 7.08. The number of aryl methyl sites for hydroxylation is 2. The molecule has 3 N–H and O–H groups in total. The lowest BCUT2D eigenvalue weighted by Crippen LogP contribution is -2.21. The monoisotopic (exact) mass is 206 g/mol. The Labute approximate surface area is 90.7 Å². The van der Waals surface area contributed by atoms with Crippen molar-refractivity contribution in [3.8, 4) is 0 Å². The molecule has 0 fully saturated rings. The lowest BCUT2D eigenvalue weighted by molar-refractivity contribution is -0.117. The number of nitrogens with two attached hydrogens (primary N) is 1. The Hall–Kier alpha value is -1.35. The summed E-state index contributed by atoms with van der Waals surface area (Å²) in [4.78, 5) is 10.5. The maximum atomic E-state index is 10.5. The summed E-state index contributed by atoms with van der Waals surface area (Å²) < 4.78 is 0. The number of carbonyl (C=O) groups is 1. The van der Waals surface area contributed by atoms with E-state index in [1.165, 1.54) is 16.7 Å². The first-order valence-corrected chi connectivity index (χ1v) is 5.14. The SMILES string of the molecule is Cc1cc(C)cc(CNCCC(N)=O)c1. The molecule has 0 saturated heterocycles. The second-order valence-corrected chi connectivity index (χ2v) is 3.89. The lowest BCUT2D eigenvalue weighted by atomic mass is 10.1. The molecule has 82 valence electrons. The molecule has 1 rings (SSSR count). The van der Waals surface area contributed by atoms with Gasteiger partial charge in [0, 0.05) is 19.5 Å². The molecule has 0 aliphatic rings. The molecule has 0 bridgehead atoms. The average molecular weight is 206 g/mol. The molecule has 1 aromatic carbocycles. The van der Waals surface area contributed by atoms with Crippen LogP contribution in [0.15, 0.2) is 18.2 Å². The van der Waals surface area contributed by atoms with Crippen LogP contribution in [0.5, 0.6) is 0 Å². The predicted octanol–water partition coefficient (Wildman–Crippen LogP) is 1.27. The largest absolute Gasteiger partial charge is 0.370 e. The minimum absolute atomic E-state index is 0.261. The summed E-state index contributed by atoms with van der Waals surface area (Å²) in [5.74, 6) is -0.261. The summed E-state index contributed by atoms with van der Waals surface area (Å²) in [6.07, 6.45) is 0.394. The third-order valence-electron chi connectivity index (χ3n) is 2.16. The van der Waals surface area contributed by atoms with Gasteiger partial charge in [-0.25, -0.2) is 0 Å². The molecule has 0 aromatic heterocycles. The number of amides is 1. The van der Waals surface area contributed by atoms with E-state index in [0.717, 1.165) is 6.54 Å². The fourth-order valence-electron chi connectivity index (χ4n) is 1.62. The molecule has 3 heteroatoms. The fraction of sp³-hybridized carbons (Fsp3) is 0.417. The van der Waals surface area contributed by atoms with Crippen molar-refractivity contribution in [1.29, 1.82) is 0 Å². The zero-order valence-corrected chi connectivity index (χ0v) is 9.34. The van der Waals surface area contributed by atoms with Crippen LogP contribution < -0.4 is 11.1 Å². The van der Waals surface area contributed by atoms with E-state index < -0.39 is 0 Å². The number of benzene rings is 1. The first kappa shape index (κ1) is 11.7. The van der Waals surface area contributed by atoms with E-state index in [2.05, 4.69) is 37.4 Å². The van der Waals surface area contributed by atoms with Crippen molar-refractivity contribution in [2.75, 3.05) is 6.54 Å².